The van der Waals surface area contributed by atoms with Crippen LogP contribution in [-0.2, 0) is 19.1 Å². The summed E-state index contributed by atoms with van der Waals surface area (Å²) in [6.07, 6.45) is 0.353. The van der Waals surface area contributed by atoms with Crippen LogP contribution in [0.2, 0.25) is 0 Å². The van der Waals surface area contributed by atoms with Gasteiger partial charge in [-0.05, 0) is 26.3 Å². The molecule has 1 aliphatic carbocycles. The minimum Gasteiger partial charge on any atom is -0.463 e. The van der Waals surface area contributed by atoms with Crippen LogP contribution >= 0.6 is 0 Å². The number of fused-ring (bicyclic) bond motifs is 2. The van der Waals surface area contributed by atoms with Gasteiger partial charge in [0.1, 0.15) is 5.60 Å². The number of esters is 2. The monoisotopic (exact) mass is 249 g/mol. The molecule has 0 aromatic heterocycles. The quantitative estimate of drug-likeness (QED) is 0.690. The van der Waals surface area contributed by atoms with Gasteiger partial charge in [0.25, 0.3) is 0 Å². The smallest absolute Gasteiger partial charge is 0.338 e. The molecule has 1 fully saturated rings. The van der Waals surface area contributed by atoms with E-state index in [2.05, 4.69) is 6.07 Å². The molecule has 3 atom stereocenters. The Hall–Kier alpha value is -1.83. The van der Waals surface area contributed by atoms with Crippen LogP contribution in [0.3, 0.4) is 0 Å². The molecule has 18 heavy (non-hydrogen) atoms. The highest BCUT2D eigenvalue weighted by Crippen LogP contribution is 2.48. The molecule has 0 aromatic carbocycles. The molecule has 0 spiro atoms. The van der Waals surface area contributed by atoms with Gasteiger partial charge in [0.2, 0.25) is 0 Å². The lowest BCUT2D eigenvalue weighted by Gasteiger charge is -2.46. The predicted octanol–water partition coefficient (Wildman–Crippen LogP) is 1.34. The van der Waals surface area contributed by atoms with Gasteiger partial charge in [0.15, 0.2) is 0 Å². The highest BCUT2D eigenvalue weighted by atomic mass is 16.6. The van der Waals surface area contributed by atoms with E-state index in [1.807, 2.05) is 0 Å². The average molecular weight is 249 g/mol. The summed E-state index contributed by atoms with van der Waals surface area (Å²) < 4.78 is 10.3. The van der Waals surface area contributed by atoms with Crippen molar-refractivity contribution in [3.8, 4) is 6.07 Å². The van der Waals surface area contributed by atoms with Crippen LogP contribution in [0.15, 0.2) is 11.1 Å². The largest absolute Gasteiger partial charge is 0.463 e. The lowest BCUT2D eigenvalue weighted by molar-refractivity contribution is -0.175. The molecule has 2 aliphatic heterocycles. The molecule has 3 rings (SSSR count). The molecule has 0 saturated carbocycles. The Bertz CT molecular complexity index is 488. The SMILES string of the molecule is CCOC(=O)C1=C(C)[C@H]2C(=O)O[C@]1(C)CC2C#N. The van der Waals surface area contributed by atoms with Gasteiger partial charge in [-0.1, -0.05) is 0 Å². The standard InChI is InChI=1S/C13H15NO4/c1-4-17-12(16)10-7(2)9-8(6-14)5-13(10,3)18-11(9)15/h8-9H,4-5H2,1-3H3/t8?,9-,13-/m1/s1. The summed E-state index contributed by atoms with van der Waals surface area (Å²) in [4.78, 5) is 23.8. The zero-order valence-electron chi connectivity index (χ0n) is 10.6. The minimum absolute atomic E-state index is 0.270. The van der Waals surface area contributed by atoms with Gasteiger partial charge in [-0.2, -0.15) is 5.26 Å². The minimum atomic E-state index is -1.03. The number of hydrogen-bond acceptors (Lipinski definition) is 5. The second-order valence-electron chi connectivity index (χ2n) is 4.85. The summed E-state index contributed by atoms with van der Waals surface area (Å²) in [5, 5.41) is 9.09. The first-order valence-corrected chi connectivity index (χ1v) is 5.95. The Labute approximate surface area is 105 Å². The fourth-order valence-electron chi connectivity index (χ4n) is 2.93. The first kappa shape index (κ1) is 12.6. The summed E-state index contributed by atoms with van der Waals surface area (Å²) in [5.74, 6) is -1.92. The highest BCUT2D eigenvalue weighted by Gasteiger charge is 2.56. The Morgan fingerprint density at radius 3 is 2.83 bits per heavy atom. The molecular weight excluding hydrogens is 234 g/mol. The molecule has 2 heterocycles. The van der Waals surface area contributed by atoms with Gasteiger partial charge in [-0.15, -0.1) is 0 Å². The van der Waals surface area contributed by atoms with Crippen LogP contribution < -0.4 is 0 Å². The molecule has 5 heteroatoms. The number of nitriles is 1. The normalized spacial score (nSPS) is 34.0. The molecule has 0 N–H and O–H groups in total. The maximum absolute atomic E-state index is 12.0. The van der Waals surface area contributed by atoms with Crippen molar-refractivity contribution in [2.45, 2.75) is 32.8 Å². The van der Waals surface area contributed by atoms with Crippen LogP contribution in [0.1, 0.15) is 27.2 Å². The zero-order valence-corrected chi connectivity index (χ0v) is 10.6. The topological polar surface area (TPSA) is 76.4 Å². The third kappa shape index (κ3) is 1.60. The highest BCUT2D eigenvalue weighted by molar-refractivity contribution is 5.96. The van der Waals surface area contributed by atoms with E-state index >= 15 is 0 Å². The Balaban J connectivity index is 2.50. The molecule has 1 saturated heterocycles. The summed E-state index contributed by atoms with van der Waals surface area (Å²) >= 11 is 0. The van der Waals surface area contributed by atoms with Gasteiger partial charge in [0, 0.05) is 6.42 Å². The van der Waals surface area contributed by atoms with Crippen molar-refractivity contribution in [2.24, 2.45) is 11.8 Å². The fraction of sp³-hybridized carbons (Fsp3) is 0.615. The van der Waals surface area contributed by atoms with Gasteiger partial charge >= 0.3 is 11.9 Å². The molecule has 0 amide bonds. The zero-order chi connectivity index (χ0) is 13.5. The van der Waals surface area contributed by atoms with Crippen molar-refractivity contribution in [1.29, 1.82) is 5.26 Å². The van der Waals surface area contributed by atoms with Crippen LogP contribution in [0.4, 0.5) is 0 Å². The van der Waals surface area contributed by atoms with E-state index in [1.54, 1.807) is 20.8 Å². The van der Waals surface area contributed by atoms with Gasteiger partial charge in [-0.25, -0.2) is 4.79 Å². The number of rotatable bonds is 2. The van der Waals surface area contributed by atoms with Crippen molar-refractivity contribution < 1.29 is 19.1 Å². The van der Waals surface area contributed by atoms with Crippen molar-refractivity contribution in [2.75, 3.05) is 6.61 Å². The van der Waals surface area contributed by atoms with E-state index in [9.17, 15) is 9.59 Å². The van der Waals surface area contributed by atoms with E-state index in [0.29, 0.717) is 17.6 Å². The molecule has 0 radical (unpaired) electrons. The Morgan fingerprint density at radius 1 is 1.67 bits per heavy atom. The molecular formula is C13H15NO4. The van der Waals surface area contributed by atoms with Gasteiger partial charge in [-0.3, -0.25) is 4.79 Å². The van der Waals surface area contributed by atoms with Crippen LogP contribution in [-0.4, -0.2) is 24.1 Å². The lowest BCUT2D eigenvalue weighted by atomic mass is 9.66. The van der Waals surface area contributed by atoms with Crippen molar-refractivity contribution in [3.05, 3.63) is 11.1 Å². The summed E-state index contributed by atoms with van der Waals surface area (Å²) in [7, 11) is 0. The second-order valence-corrected chi connectivity index (χ2v) is 4.85. The lowest BCUT2D eigenvalue weighted by Crippen LogP contribution is -2.53. The number of hydrogen-bond donors (Lipinski definition) is 0. The summed E-state index contributed by atoms with van der Waals surface area (Å²) in [6.45, 7) is 5.37. The number of ether oxygens (including phenoxy) is 2. The van der Waals surface area contributed by atoms with Gasteiger partial charge < -0.3 is 9.47 Å². The molecule has 2 bridgehead atoms. The molecule has 0 aromatic rings. The van der Waals surface area contributed by atoms with Crippen LogP contribution in [0, 0.1) is 23.2 Å². The van der Waals surface area contributed by atoms with E-state index in [0.717, 1.165) is 0 Å². The third-order valence-corrected chi connectivity index (χ3v) is 3.63. The number of nitrogens with zero attached hydrogens (tertiary/aromatic N) is 1. The Morgan fingerprint density at radius 2 is 2.33 bits per heavy atom. The Kier molecular flexibility index (Phi) is 2.89. The van der Waals surface area contributed by atoms with Crippen LogP contribution in [0.25, 0.3) is 0 Å². The third-order valence-electron chi connectivity index (χ3n) is 3.63. The van der Waals surface area contributed by atoms with Gasteiger partial charge in [0.05, 0.1) is 30.1 Å². The average Bonchev–Trinajstić information content (AvgIpc) is 2.26. The summed E-state index contributed by atoms with van der Waals surface area (Å²) in [5.41, 5.74) is -0.00630. The van der Waals surface area contributed by atoms with Crippen LogP contribution in [0.5, 0.6) is 0 Å². The van der Waals surface area contributed by atoms with Crippen molar-refractivity contribution >= 4 is 11.9 Å². The van der Waals surface area contributed by atoms with Crippen molar-refractivity contribution in [3.63, 3.8) is 0 Å². The molecule has 1 unspecified atom stereocenters. The first-order chi connectivity index (χ1) is 8.44. The maximum Gasteiger partial charge on any atom is 0.338 e. The summed E-state index contributed by atoms with van der Waals surface area (Å²) in [6, 6.07) is 2.13. The second kappa shape index (κ2) is 4.13. The van der Waals surface area contributed by atoms with E-state index in [-0.39, 0.29) is 6.61 Å². The van der Waals surface area contributed by atoms with E-state index < -0.39 is 29.4 Å². The maximum atomic E-state index is 12.0. The first-order valence-electron chi connectivity index (χ1n) is 5.95. The predicted molar refractivity (Wildman–Crippen MR) is 61.0 cm³/mol. The van der Waals surface area contributed by atoms with E-state index in [1.165, 1.54) is 0 Å². The number of carbonyl (C=O) groups is 2. The molecule has 5 nitrogen and oxygen atoms in total. The number of carbonyl (C=O) groups excluding carboxylic acids is 2. The van der Waals surface area contributed by atoms with Crippen molar-refractivity contribution in [1.82, 2.24) is 0 Å². The van der Waals surface area contributed by atoms with E-state index in [4.69, 9.17) is 14.7 Å². The molecule has 3 aliphatic rings. The molecule has 96 valence electrons. The fourth-order valence-corrected chi connectivity index (χ4v) is 2.93.